The van der Waals surface area contributed by atoms with E-state index in [4.69, 9.17) is 10.00 Å². The minimum Gasteiger partial charge on any atom is -0.492 e. The van der Waals surface area contributed by atoms with Crippen molar-refractivity contribution in [2.45, 2.75) is 32.9 Å². The fraction of sp³-hybridized carbons (Fsp3) is 0.412. The second-order valence-electron chi connectivity index (χ2n) is 5.47. The highest BCUT2D eigenvalue weighted by molar-refractivity contribution is 5.36. The van der Waals surface area contributed by atoms with Crippen LogP contribution in [0.15, 0.2) is 36.7 Å². The van der Waals surface area contributed by atoms with Crippen molar-refractivity contribution < 1.29 is 4.74 Å². The Kier molecular flexibility index (Phi) is 5.56. The van der Waals surface area contributed by atoms with Crippen LogP contribution in [0.25, 0.3) is 0 Å². The standard InChI is InChI=1S/C17H22N4O/c1-13-11-20-21(12-13)15(3)14(2)19-7-8-22-17-6-4-5-16(9-17)10-18/h4-6,9,11-12,14-15,19H,7-8H2,1-3H3/t14-,15-/m0/s1. The Morgan fingerprint density at radius 1 is 1.41 bits per heavy atom. The molecule has 2 aromatic rings. The lowest BCUT2D eigenvalue weighted by atomic mass is 10.2. The first kappa shape index (κ1) is 16.1. The van der Waals surface area contributed by atoms with Crippen LogP contribution in [0, 0.1) is 18.3 Å². The molecule has 0 unspecified atom stereocenters. The first-order valence-electron chi connectivity index (χ1n) is 7.47. The van der Waals surface area contributed by atoms with Crippen LogP contribution in [-0.2, 0) is 0 Å². The molecule has 0 saturated heterocycles. The fourth-order valence-corrected chi connectivity index (χ4v) is 2.17. The number of nitrogens with zero attached hydrogens (tertiary/aromatic N) is 3. The second-order valence-corrected chi connectivity index (χ2v) is 5.47. The number of nitrogens with one attached hydrogen (secondary N) is 1. The van der Waals surface area contributed by atoms with Gasteiger partial charge in [-0.3, -0.25) is 4.68 Å². The third kappa shape index (κ3) is 4.34. The van der Waals surface area contributed by atoms with Gasteiger partial charge in [-0.1, -0.05) is 6.07 Å². The van der Waals surface area contributed by atoms with E-state index >= 15 is 0 Å². The van der Waals surface area contributed by atoms with Crippen molar-refractivity contribution >= 4 is 0 Å². The summed E-state index contributed by atoms with van der Waals surface area (Å²) in [5, 5.41) is 16.6. The highest BCUT2D eigenvalue weighted by Crippen LogP contribution is 2.13. The number of hydrogen-bond acceptors (Lipinski definition) is 4. The third-order valence-corrected chi connectivity index (χ3v) is 3.67. The van der Waals surface area contributed by atoms with Gasteiger partial charge in [0.1, 0.15) is 12.4 Å². The van der Waals surface area contributed by atoms with Crippen molar-refractivity contribution in [2.75, 3.05) is 13.2 Å². The Labute approximate surface area is 131 Å². The van der Waals surface area contributed by atoms with E-state index in [1.807, 2.05) is 36.1 Å². The largest absolute Gasteiger partial charge is 0.492 e. The Hall–Kier alpha value is -2.32. The monoisotopic (exact) mass is 298 g/mol. The van der Waals surface area contributed by atoms with Gasteiger partial charge in [0.2, 0.25) is 0 Å². The summed E-state index contributed by atoms with van der Waals surface area (Å²) in [4.78, 5) is 0. The van der Waals surface area contributed by atoms with Gasteiger partial charge in [-0.15, -0.1) is 0 Å². The average Bonchev–Trinajstić information content (AvgIpc) is 2.97. The van der Waals surface area contributed by atoms with Gasteiger partial charge in [-0.2, -0.15) is 10.4 Å². The van der Waals surface area contributed by atoms with Crippen molar-refractivity contribution in [1.29, 1.82) is 5.26 Å². The van der Waals surface area contributed by atoms with E-state index in [1.165, 1.54) is 5.56 Å². The Morgan fingerprint density at radius 2 is 2.23 bits per heavy atom. The molecule has 1 aromatic carbocycles. The summed E-state index contributed by atoms with van der Waals surface area (Å²) >= 11 is 0. The predicted octanol–water partition coefficient (Wildman–Crippen LogP) is 2.68. The Balaban J connectivity index is 1.75. The first-order chi connectivity index (χ1) is 10.6. The number of nitriles is 1. The van der Waals surface area contributed by atoms with Gasteiger partial charge >= 0.3 is 0 Å². The van der Waals surface area contributed by atoms with Gasteiger partial charge in [0.05, 0.1) is 23.9 Å². The Morgan fingerprint density at radius 3 is 2.91 bits per heavy atom. The molecule has 5 nitrogen and oxygen atoms in total. The zero-order chi connectivity index (χ0) is 15.9. The fourth-order valence-electron chi connectivity index (χ4n) is 2.17. The van der Waals surface area contributed by atoms with E-state index in [0.717, 1.165) is 12.3 Å². The maximum Gasteiger partial charge on any atom is 0.120 e. The molecule has 1 heterocycles. The minimum atomic E-state index is 0.274. The highest BCUT2D eigenvalue weighted by Gasteiger charge is 2.13. The van der Waals surface area contributed by atoms with E-state index in [0.29, 0.717) is 12.2 Å². The summed E-state index contributed by atoms with van der Waals surface area (Å²) < 4.78 is 7.63. The SMILES string of the molecule is Cc1cnn([C@@H](C)[C@H](C)NCCOc2cccc(C#N)c2)c1. The first-order valence-corrected chi connectivity index (χ1v) is 7.47. The lowest BCUT2D eigenvalue weighted by Gasteiger charge is -2.21. The van der Waals surface area contributed by atoms with Gasteiger partial charge in [0.15, 0.2) is 0 Å². The van der Waals surface area contributed by atoms with Crippen molar-refractivity contribution in [1.82, 2.24) is 15.1 Å². The lowest BCUT2D eigenvalue weighted by Crippen LogP contribution is -2.36. The van der Waals surface area contributed by atoms with Gasteiger partial charge in [0.25, 0.3) is 0 Å². The summed E-state index contributed by atoms with van der Waals surface area (Å²) in [6.45, 7) is 7.61. The van der Waals surface area contributed by atoms with E-state index < -0.39 is 0 Å². The molecule has 0 spiro atoms. The van der Waals surface area contributed by atoms with Crippen LogP contribution in [0.1, 0.15) is 31.0 Å². The lowest BCUT2D eigenvalue weighted by molar-refractivity contribution is 0.289. The summed E-state index contributed by atoms with van der Waals surface area (Å²) in [6, 6.07) is 9.86. The van der Waals surface area contributed by atoms with Crippen LogP contribution in [0.2, 0.25) is 0 Å². The zero-order valence-corrected chi connectivity index (χ0v) is 13.3. The quantitative estimate of drug-likeness (QED) is 0.798. The molecular formula is C17H22N4O. The molecule has 0 radical (unpaired) electrons. The normalized spacial score (nSPS) is 13.4. The molecule has 0 aliphatic carbocycles. The molecule has 2 atom stereocenters. The molecule has 0 saturated carbocycles. The highest BCUT2D eigenvalue weighted by atomic mass is 16.5. The van der Waals surface area contributed by atoms with Gasteiger partial charge < -0.3 is 10.1 Å². The molecule has 116 valence electrons. The smallest absolute Gasteiger partial charge is 0.120 e. The molecule has 0 aliphatic rings. The number of hydrogen-bond donors (Lipinski definition) is 1. The summed E-state index contributed by atoms with van der Waals surface area (Å²) in [5.41, 5.74) is 1.78. The molecular weight excluding hydrogens is 276 g/mol. The van der Waals surface area contributed by atoms with Crippen molar-refractivity contribution in [3.8, 4) is 11.8 Å². The predicted molar refractivity (Wildman–Crippen MR) is 85.8 cm³/mol. The van der Waals surface area contributed by atoms with E-state index in [1.54, 1.807) is 12.1 Å². The van der Waals surface area contributed by atoms with Crippen LogP contribution in [0.4, 0.5) is 0 Å². The molecule has 1 N–H and O–H groups in total. The number of aromatic nitrogens is 2. The Bertz CT molecular complexity index is 644. The third-order valence-electron chi connectivity index (χ3n) is 3.67. The number of ether oxygens (including phenoxy) is 1. The van der Waals surface area contributed by atoms with Crippen LogP contribution in [0.5, 0.6) is 5.75 Å². The van der Waals surface area contributed by atoms with Crippen LogP contribution in [-0.4, -0.2) is 29.0 Å². The number of benzene rings is 1. The second kappa shape index (κ2) is 7.62. The topological polar surface area (TPSA) is 62.9 Å². The molecule has 5 heteroatoms. The molecule has 0 amide bonds. The number of rotatable bonds is 7. The van der Waals surface area contributed by atoms with Crippen molar-refractivity contribution in [2.24, 2.45) is 0 Å². The van der Waals surface area contributed by atoms with Gasteiger partial charge in [-0.25, -0.2) is 0 Å². The maximum absolute atomic E-state index is 8.85. The van der Waals surface area contributed by atoms with Crippen molar-refractivity contribution in [3.63, 3.8) is 0 Å². The zero-order valence-electron chi connectivity index (χ0n) is 13.3. The van der Waals surface area contributed by atoms with E-state index in [9.17, 15) is 0 Å². The molecule has 1 aromatic heterocycles. The van der Waals surface area contributed by atoms with Crippen molar-refractivity contribution in [3.05, 3.63) is 47.8 Å². The average molecular weight is 298 g/mol. The van der Waals surface area contributed by atoms with Crippen LogP contribution in [0.3, 0.4) is 0 Å². The van der Waals surface area contributed by atoms with E-state index in [-0.39, 0.29) is 12.1 Å². The summed E-state index contributed by atoms with van der Waals surface area (Å²) in [7, 11) is 0. The van der Waals surface area contributed by atoms with Gasteiger partial charge in [0, 0.05) is 18.8 Å². The molecule has 0 fully saturated rings. The number of aryl methyl sites for hydroxylation is 1. The minimum absolute atomic E-state index is 0.274. The maximum atomic E-state index is 8.85. The van der Waals surface area contributed by atoms with Crippen LogP contribution < -0.4 is 10.1 Å². The molecule has 0 aliphatic heterocycles. The molecule has 0 bridgehead atoms. The van der Waals surface area contributed by atoms with Crippen LogP contribution >= 0.6 is 0 Å². The van der Waals surface area contributed by atoms with Gasteiger partial charge in [-0.05, 0) is 44.5 Å². The van der Waals surface area contributed by atoms with E-state index in [2.05, 4.69) is 30.3 Å². The molecule has 2 rings (SSSR count). The summed E-state index contributed by atoms with van der Waals surface area (Å²) in [5.74, 6) is 0.726. The summed E-state index contributed by atoms with van der Waals surface area (Å²) in [6.07, 6.45) is 3.92. The molecule has 22 heavy (non-hydrogen) atoms.